The van der Waals surface area contributed by atoms with Gasteiger partial charge in [-0.25, -0.2) is 0 Å². The van der Waals surface area contributed by atoms with E-state index in [0.29, 0.717) is 6.42 Å². The highest BCUT2D eigenvalue weighted by Crippen LogP contribution is 2.16. The Bertz CT molecular complexity index is 699. The average Bonchev–Trinajstić information content (AvgIpc) is 3.12. The van der Waals surface area contributed by atoms with Gasteiger partial charge >= 0.3 is 0 Å². The number of nitrogens with one attached hydrogen (secondary N) is 1. The highest BCUT2D eigenvalue weighted by molar-refractivity contribution is 5.80. The van der Waals surface area contributed by atoms with Crippen molar-refractivity contribution < 1.29 is 20.1 Å². The third kappa shape index (κ3) is 35.5. The zero-order valence-electron chi connectivity index (χ0n) is 33.8. The van der Waals surface area contributed by atoms with Crippen LogP contribution in [0.25, 0.3) is 0 Å². The Kier molecular flexibility index (Phi) is 40.1. The molecule has 3 unspecified atom stereocenters. The molecule has 5 nitrogen and oxygen atoms in total. The summed E-state index contributed by atoms with van der Waals surface area (Å²) in [4.78, 5) is 12.5. The molecule has 0 saturated heterocycles. The predicted octanol–water partition coefficient (Wildman–Crippen LogP) is 12.8. The summed E-state index contributed by atoms with van der Waals surface area (Å²) in [5.41, 5.74) is 0. The van der Waals surface area contributed by atoms with Gasteiger partial charge in [-0.15, -0.1) is 0 Å². The molecule has 0 fully saturated rings. The number of rotatable bonds is 41. The first-order valence-corrected chi connectivity index (χ1v) is 22.5. The number of carbonyl (C=O) groups is 1. The van der Waals surface area contributed by atoms with E-state index in [0.717, 1.165) is 32.1 Å². The van der Waals surface area contributed by atoms with Gasteiger partial charge in [0, 0.05) is 0 Å². The molecular formula is C45H89NO4. The van der Waals surface area contributed by atoms with Gasteiger partial charge in [0.05, 0.1) is 18.8 Å². The normalized spacial score (nSPS) is 13.6. The number of amides is 1. The molecule has 0 aliphatic carbocycles. The minimum Gasteiger partial charge on any atom is -0.394 e. The lowest BCUT2D eigenvalue weighted by Crippen LogP contribution is -2.48. The second kappa shape index (κ2) is 40.9. The van der Waals surface area contributed by atoms with Crippen molar-refractivity contribution >= 4 is 5.91 Å². The third-order valence-electron chi connectivity index (χ3n) is 10.6. The molecule has 0 spiro atoms. The van der Waals surface area contributed by atoms with Gasteiger partial charge in [-0.2, -0.15) is 0 Å². The van der Waals surface area contributed by atoms with Crippen molar-refractivity contribution in [2.45, 2.75) is 263 Å². The summed E-state index contributed by atoms with van der Waals surface area (Å²) in [5.74, 6) is -0.499. The van der Waals surface area contributed by atoms with E-state index in [1.807, 2.05) is 6.08 Å². The average molecular weight is 708 g/mol. The lowest BCUT2D eigenvalue weighted by molar-refractivity contribution is -0.131. The van der Waals surface area contributed by atoms with Gasteiger partial charge < -0.3 is 20.6 Å². The van der Waals surface area contributed by atoms with Crippen LogP contribution in [0.15, 0.2) is 12.2 Å². The van der Waals surface area contributed by atoms with Gasteiger partial charge in [0.15, 0.2) is 0 Å². The van der Waals surface area contributed by atoms with Crippen molar-refractivity contribution in [3.63, 3.8) is 0 Å². The molecule has 0 aromatic rings. The number of aliphatic hydroxyl groups is 3. The maximum atomic E-state index is 12.5. The molecule has 0 heterocycles. The van der Waals surface area contributed by atoms with Gasteiger partial charge in [0.1, 0.15) is 6.10 Å². The molecule has 50 heavy (non-hydrogen) atoms. The fourth-order valence-electron chi connectivity index (χ4n) is 7.07. The number of unbranched alkanes of at least 4 members (excludes halogenated alkanes) is 33. The van der Waals surface area contributed by atoms with E-state index in [2.05, 4.69) is 19.2 Å². The summed E-state index contributed by atoms with van der Waals surface area (Å²) < 4.78 is 0. The first-order chi connectivity index (χ1) is 24.6. The van der Waals surface area contributed by atoms with E-state index >= 15 is 0 Å². The molecule has 298 valence electrons. The van der Waals surface area contributed by atoms with E-state index in [1.165, 1.54) is 193 Å². The number of aliphatic hydroxyl groups excluding tert-OH is 3. The summed E-state index contributed by atoms with van der Waals surface area (Å²) in [6.07, 6.45) is 48.2. The van der Waals surface area contributed by atoms with Gasteiger partial charge in [-0.1, -0.05) is 238 Å². The highest BCUT2D eigenvalue weighted by Gasteiger charge is 2.22. The molecule has 0 radical (unpaired) electrons. The number of hydrogen-bond acceptors (Lipinski definition) is 4. The van der Waals surface area contributed by atoms with Crippen LogP contribution in [0.3, 0.4) is 0 Å². The monoisotopic (exact) mass is 708 g/mol. The standard InChI is InChI=1S/C45H89NO4/c1-3-5-7-9-11-13-15-17-19-20-21-22-23-24-26-27-29-31-33-35-37-39-43(48)42(41-47)46-45(50)44(49)40-38-36-34-32-30-28-25-18-16-14-12-10-8-6-4-2/h37,39,42-44,47-49H,3-36,38,40-41H2,1-2H3,(H,46,50)/b39-37+. The van der Waals surface area contributed by atoms with Crippen LogP contribution in [0, 0.1) is 0 Å². The van der Waals surface area contributed by atoms with E-state index in [1.54, 1.807) is 6.08 Å². The molecule has 0 aliphatic heterocycles. The molecule has 0 aromatic carbocycles. The third-order valence-corrected chi connectivity index (χ3v) is 10.6. The maximum Gasteiger partial charge on any atom is 0.249 e. The van der Waals surface area contributed by atoms with Crippen molar-refractivity contribution in [2.24, 2.45) is 0 Å². The lowest BCUT2D eigenvalue weighted by atomic mass is 10.0. The maximum absolute atomic E-state index is 12.5. The van der Waals surface area contributed by atoms with E-state index < -0.39 is 24.2 Å². The largest absolute Gasteiger partial charge is 0.394 e. The fourth-order valence-corrected chi connectivity index (χ4v) is 7.07. The van der Waals surface area contributed by atoms with E-state index in [-0.39, 0.29) is 6.61 Å². The van der Waals surface area contributed by atoms with Crippen LogP contribution < -0.4 is 5.32 Å². The van der Waals surface area contributed by atoms with Crippen molar-refractivity contribution in [1.29, 1.82) is 0 Å². The van der Waals surface area contributed by atoms with Crippen molar-refractivity contribution in [1.82, 2.24) is 5.32 Å². The quantitative estimate of drug-likeness (QED) is 0.0376. The van der Waals surface area contributed by atoms with Crippen LogP contribution in [0.2, 0.25) is 0 Å². The number of carbonyl (C=O) groups excluding carboxylic acids is 1. The molecule has 1 amide bonds. The van der Waals surface area contributed by atoms with Crippen LogP contribution in [0.5, 0.6) is 0 Å². The Morgan fingerprint density at radius 2 is 0.780 bits per heavy atom. The van der Waals surface area contributed by atoms with Crippen molar-refractivity contribution in [3.8, 4) is 0 Å². The SMILES string of the molecule is CCCCCCCCCCCCCCCCCCCCC/C=C/C(O)C(CO)NC(=O)C(O)CCCCCCCCCCCCCCCCC. The first-order valence-electron chi connectivity index (χ1n) is 22.5. The van der Waals surface area contributed by atoms with Crippen LogP contribution in [0.4, 0.5) is 0 Å². The summed E-state index contributed by atoms with van der Waals surface area (Å²) >= 11 is 0. The Balaban J connectivity index is 3.63. The van der Waals surface area contributed by atoms with Gasteiger partial charge in [-0.05, 0) is 19.3 Å². The Morgan fingerprint density at radius 3 is 1.10 bits per heavy atom. The van der Waals surface area contributed by atoms with Crippen molar-refractivity contribution in [2.75, 3.05) is 6.61 Å². The molecular weight excluding hydrogens is 618 g/mol. The molecule has 0 rings (SSSR count). The molecule has 5 heteroatoms. The Morgan fingerprint density at radius 1 is 0.480 bits per heavy atom. The van der Waals surface area contributed by atoms with Crippen LogP contribution >= 0.6 is 0 Å². The first kappa shape index (κ1) is 49.1. The summed E-state index contributed by atoms with van der Waals surface area (Å²) in [6, 6.07) is -0.792. The van der Waals surface area contributed by atoms with Crippen LogP contribution in [-0.4, -0.2) is 46.1 Å². The minimum absolute atomic E-state index is 0.359. The molecule has 0 bridgehead atoms. The molecule has 0 aromatic heterocycles. The van der Waals surface area contributed by atoms with Crippen molar-refractivity contribution in [3.05, 3.63) is 12.2 Å². The second-order valence-electron chi connectivity index (χ2n) is 15.6. The zero-order valence-corrected chi connectivity index (χ0v) is 33.8. The van der Waals surface area contributed by atoms with E-state index in [4.69, 9.17) is 0 Å². The Labute approximate surface area is 312 Å². The topological polar surface area (TPSA) is 89.8 Å². The molecule has 3 atom stereocenters. The summed E-state index contributed by atoms with van der Waals surface area (Å²) in [6.45, 7) is 4.20. The predicted molar refractivity (Wildman–Crippen MR) is 218 cm³/mol. The molecule has 0 aliphatic rings. The van der Waals surface area contributed by atoms with E-state index in [9.17, 15) is 20.1 Å². The van der Waals surface area contributed by atoms with Crippen LogP contribution in [0.1, 0.15) is 245 Å². The lowest BCUT2D eigenvalue weighted by Gasteiger charge is -2.21. The highest BCUT2D eigenvalue weighted by atomic mass is 16.3. The van der Waals surface area contributed by atoms with Gasteiger partial charge in [0.2, 0.25) is 5.91 Å². The number of allylic oxidation sites excluding steroid dienone is 1. The van der Waals surface area contributed by atoms with Gasteiger partial charge in [0.25, 0.3) is 0 Å². The fraction of sp³-hybridized carbons (Fsp3) is 0.933. The Hall–Kier alpha value is -0.910. The summed E-state index contributed by atoms with van der Waals surface area (Å²) in [7, 11) is 0. The van der Waals surface area contributed by atoms with Gasteiger partial charge in [-0.3, -0.25) is 4.79 Å². The number of hydrogen-bond donors (Lipinski definition) is 4. The summed E-state index contributed by atoms with van der Waals surface area (Å²) in [5, 5.41) is 33.2. The minimum atomic E-state index is -1.09. The molecule has 0 saturated carbocycles. The second-order valence-corrected chi connectivity index (χ2v) is 15.6. The van der Waals surface area contributed by atoms with Crippen LogP contribution in [-0.2, 0) is 4.79 Å². The zero-order chi connectivity index (χ0) is 36.6. The smallest absolute Gasteiger partial charge is 0.249 e. The molecule has 4 N–H and O–H groups in total.